The van der Waals surface area contributed by atoms with Crippen LogP contribution in [-0.2, 0) is 6.61 Å². The monoisotopic (exact) mass is 222 g/mol. The van der Waals surface area contributed by atoms with E-state index >= 15 is 0 Å². The summed E-state index contributed by atoms with van der Waals surface area (Å²) in [4.78, 5) is 0. The van der Waals surface area contributed by atoms with Crippen LogP contribution in [0.5, 0.6) is 0 Å². The third kappa shape index (κ3) is 2.03. The second-order valence-corrected chi connectivity index (χ2v) is 3.83. The summed E-state index contributed by atoms with van der Waals surface area (Å²) < 4.78 is 1.73. The highest BCUT2D eigenvalue weighted by molar-refractivity contribution is 6.30. The molecular formula is C11H11ClN2O. The molecule has 1 N–H and O–H groups in total. The molecule has 0 saturated heterocycles. The number of hydrogen-bond acceptors (Lipinski definition) is 2. The van der Waals surface area contributed by atoms with E-state index in [4.69, 9.17) is 11.6 Å². The van der Waals surface area contributed by atoms with Gasteiger partial charge in [-0.1, -0.05) is 11.6 Å². The Kier molecular flexibility index (Phi) is 2.75. The molecule has 0 radical (unpaired) electrons. The Morgan fingerprint density at radius 2 is 2.27 bits per heavy atom. The van der Waals surface area contributed by atoms with Crippen LogP contribution in [0.15, 0.2) is 30.6 Å². The van der Waals surface area contributed by atoms with Gasteiger partial charge in [0.05, 0.1) is 18.5 Å². The normalized spacial score (nSPS) is 10.6. The predicted molar refractivity (Wildman–Crippen MR) is 59.2 cm³/mol. The van der Waals surface area contributed by atoms with Crippen LogP contribution >= 0.6 is 11.6 Å². The zero-order chi connectivity index (χ0) is 10.8. The molecular weight excluding hydrogens is 212 g/mol. The molecule has 78 valence electrons. The highest BCUT2D eigenvalue weighted by Gasteiger charge is 2.05. The van der Waals surface area contributed by atoms with Crippen molar-refractivity contribution in [2.24, 2.45) is 0 Å². The molecule has 0 amide bonds. The van der Waals surface area contributed by atoms with E-state index in [-0.39, 0.29) is 6.61 Å². The Bertz CT molecular complexity index is 479. The summed E-state index contributed by atoms with van der Waals surface area (Å²) in [6.45, 7) is 1.92. The molecule has 4 heteroatoms. The average Bonchev–Trinajstić information content (AvgIpc) is 2.64. The van der Waals surface area contributed by atoms with Gasteiger partial charge in [0.2, 0.25) is 0 Å². The van der Waals surface area contributed by atoms with Gasteiger partial charge in [-0.15, -0.1) is 0 Å². The molecule has 1 aromatic carbocycles. The molecule has 0 saturated carbocycles. The number of rotatable bonds is 2. The number of aliphatic hydroxyl groups excluding tert-OH is 1. The van der Waals surface area contributed by atoms with Crippen molar-refractivity contribution in [1.29, 1.82) is 0 Å². The average molecular weight is 223 g/mol. The topological polar surface area (TPSA) is 38.0 Å². The van der Waals surface area contributed by atoms with Gasteiger partial charge in [-0.25, -0.2) is 4.68 Å². The van der Waals surface area contributed by atoms with Crippen LogP contribution in [0.25, 0.3) is 5.69 Å². The van der Waals surface area contributed by atoms with Crippen molar-refractivity contribution in [3.05, 3.63) is 46.7 Å². The first-order valence-electron chi connectivity index (χ1n) is 4.61. The van der Waals surface area contributed by atoms with Crippen molar-refractivity contribution in [2.45, 2.75) is 13.5 Å². The third-order valence-corrected chi connectivity index (χ3v) is 2.41. The smallest absolute Gasteiger partial charge is 0.0703 e. The molecule has 2 aromatic rings. The molecule has 1 aromatic heterocycles. The molecule has 2 rings (SSSR count). The second kappa shape index (κ2) is 4.04. The lowest BCUT2D eigenvalue weighted by Gasteiger charge is -2.07. The molecule has 0 fully saturated rings. The van der Waals surface area contributed by atoms with Gasteiger partial charge >= 0.3 is 0 Å². The third-order valence-electron chi connectivity index (χ3n) is 2.17. The van der Waals surface area contributed by atoms with Crippen molar-refractivity contribution >= 4 is 11.6 Å². The van der Waals surface area contributed by atoms with Gasteiger partial charge in [0, 0.05) is 16.8 Å². The van der Waals surface area contributed by atoms with Gasteiger partial charge in [0.15, 0.2) is 0 Å². The zero-order valence-corrected chi connectivity index (χ0v) is 9.07. The fourth-order valence-electron chi connectivity index (χ4n) is 1.45. The number of hydrogen-bond donors (Lipinski definition) is 1. The van der Waals surface area contributed by atoms with Gasteiger partial charge in [0.25, 0.3) is 0 Å². The molecule has 0 aliphatic rings. The Labute approximate surface area is 92.9 Å². The van der Waals surface area contributed by atoms with Gasteiger partial charge in [0.1, 0.15) is 0 Å². The standard InChI is InChI=1S/C11H11ClN2O/c1-8-5-13-14(6-8)11-3-2-10(12)4-9(11)7-15/h2-6,15H,7H2,1H3. The number of aliphatic hydroxyl groups is 1. The number of halogens is 1. The molecule has 0 aliphatic carbocycles. The van der Waals surface area contributed by atoms with E-state index in [1.807, 2.05) is 19.2 Å². The van der Waals surface area contributed by atoms with Crippen LogP contribution in [0.3, 0.4) is 0 Å². The van der Waals surface area contributed by atoms with Crippen molar-refractivity contribution in [3.8, 4) is 5.69 Å². The highest BCUT2D eigenvalue weighted by Crippen LogP contribution is 2.19. The number of aromatic nitrogens is 2. The van der Waals surface area contributed by atoms with Crippen molar-refractivity contribution in [1.82, 2.24) is 9.78 Å². The van der Waals surface area contributed by atoms with Gasteiger partial charge < -0.3 is 5.11 Å². The molecule has 0 bridgehead atoms. The minimum Gasteiger partial charge on any atom is -0.392 e. The predicted octanol–water partition coefficient (Wildman–Crippen LogP) is 2.33. The Morgan fingerprint density at radius 3 is 2.87 bits per heavy atom. The maximum absolute atomic E-state index is 9.21. The van der Waals surface area contributed by atoms with Gasteiger partial charge in [-0.05, 0) is 30.7 Å². The van der Waals surface area contributed by atoms with Crippen LogP contribution in [0.1, 0.15) is 11.1 Å². The summed E-state index contributed by atoms with van der Waals surface area (Å²) in [5.74, 6) is 0. The summed E-state index contributed by atoms with van der Waals surface area (Å²) in [5, 5.41) is 14.0. The lowest BCUT2D eigenvalue weighted by atomic mass is 10.2. The molecule has 0 unspecified atom stereocenters. The molecule has 3 nitrogen and oxygen atoms in total. The first kappa shape index (κ1) is 10.2. The fourth-order valence-corrected chi connectivity index (χ4v) is 1.64. The second-order valence-electron chi connectivity index (χ2n) is 3.39. The van der Waals surface area contributed by atoms with Crippen LogP contribution in [0, 0.1) is 6.92 Å². The fraction of sp³-hybridized carbons (Fsp3) is 0.182. The van der Waals surface area contributed by atoms with Crippen LogP contribution in [0.4, 0.5) is 0 Å². The Balaban J connectivity index is 2.52. The molecule has 0 aliphatic heterocycles. The number of aryl methyl sites for hydroxylation is 1. The Morgan fingerprint density at radius 1 is 1.47 bits per heavy atom. The van der Waals surface area contributed by atoms with E-state index in [9.17, 15) is 5.11 Å². The summed E-state index contributed by atoms with van der Waals surface area (Å²) in [7, 11) is 0. The molecule has 15 heavy (non-hydrogen) atoms. The maximum atomic E-state index is 9.21. The summed E-state index contributed by atoms with van der Waals surface area (Å²) in [6, 6.07) is 5.38. The first-order valence-corrected chi connectivity index (χ1v) is 4.99. The van der Waals surface area contributed by atoms with E-state index in [0.29, 0.717) is 5.02 Å². The van der Waals surface area contributed by atoms with Crippen LogP contribution in [0.2, 0.25) is 5.02 Å². The van der Waals surface area contributed by atoms with Gasteiger partial charge in [-0.3, -0.25) is 0 Å². The molecule has 1 heterocycles. The minimum absolute atomic E-state index is 0.0468. The minimum atomic E-state index is -0.0468. The van der Waals surface area contributed by atoms with E-state index in [1.54, 1.807) is 23.0 Å². The SMILES string of the molecule is Cc1cnn(-c2ccc(Cl)cc2CO)c1. The van der Waals surface area contributed by atoms with Crippen molar-refractivity contribution in [3.63, 3.8) is 0 Å². The zero-order valence-electron chi connectivity index (χ0n) is 8.31. The van der Waals surface area contributed by atoms with E-state index in [0.717, 1.165) is 16.8 Å². The van der Waals surface area contributed by atoms with Crippen LogP contribution in [-0.4, -0.2) is 14.9 Å². The van der Waals surface area contributed by atoms with E-state index in [2.05, 4.69) is 5.10 Å². The van der Waals surface area contributed by atoms with E-state index in [1.165, 1.54) is 0 Å². The molecule has 0 atom stereocenters. The number of benzene rings is 1. The summed E-state index contributed by atoms with van der Waals surface area (Å²) in [5.41, 5.74) is 2.70. The molecule has 0 spiro atoms. The van der Waals surface area contributed by atoms with Crippen molar-refractivity contribution < 1.29 is 5.11 Å². The van der Waals surface area contributed by atoms with Crippen molar-refractivity contribution in [2.75, 3.05) is 0 Å². The maximum Gasteiger partial charge on any atom is 0.0703 e. The summed E-state index contributed by atoms with van der Waals surface area (Å²) in [6.07, 6.45) is 3.68. The first-order chi connectivity index (χ1) is 7.20. The van der Waals surface area contributed by atoms with Gasteiger partial charge in [-0.2, -0.15) is 5.10 Å². The largest absolute Gasteiger partial charge is 0.392 e. The number of nitrogens with zero attached hydrogens (tertiary/aromatic N) is 2. The quantitative estimate of drug-likeness (QED) is 0.847. The van der Waals surface area contributed by atoms with Crippen LogP contribution < -0.4 is 0 Å². The van der Waals surface area contributed by atoms with E-state index < -0.39 is 0 Å². The lowest BCUT2D eigenvalue weighted by Crippen LogP contribution is -1.99. The highest BCUT2D eigenvalue weighted by atomic mass is 35.5. The Hall–Kier alpha value is -1.32. The summed E-state index contributed by atoms with van der Waals surface area (Å²) >= 11 is 5.85. The lowest BCUT2D eigenvalue weighted by molar-refractivity contribution is 0.281.